The second kappa shape index (κ2) is 8.72. The van der Waals surface area contributed by atoms with E-state index in [0.717, 1.165) is 38.5 Å². The normalized spacial score (nSPS) is 14.9. The van der Waals surface area contributed by atoms with E-state index in [1.54, 1.807) is 13.2 Å². The van der Waals surface area contributed by atoms with Crippen LogP contribution in [0.4, 0.5) is 0 Å². The number of amides is 1. The molecule has 1 heterocycles. The van der Waals surface area contributed by atoms with Gasteiger partial charge >= 0.3 is 0 Å². The summed E-state index contributed by atoms with van der Waals surface area (Å²) in [6.45, 7) is 6.80. The molecule has 0 spiro atoms. The molecule has 1 fully saturated rings. The summed E-state index contributed by atoms with van der Waals surface area (Å²) in [5, 5.41) is 0. The van der Waals surface area contributed by atoms with Gasteiger partial charge in [-0.3, -0.25) is 9.69 Å². The molecule has 1 amide bonds. The highest BCUT2D eigenvalue weighted by molar-refractivity contribution is 5.94. The van der Waals surface area contributed by atoms with Gasteiger partial charge in [0.15, 0.2) is 0 Å². The minimum absolute atomic E-state index is 0.0690. The second-order valence-electron chi connectivity index (χ2n) is 6.53. The zero-order chi connectivity index (χ0) is 18.4. The molecule has 2 aromatic carbocycles. The van der Waals surface area contributed by atoms with Crippen LogP contribution in [0.25, 0.3) is 0 Å². The molecular weight excluding hydrogens is 328 g/mol. The van der Waals surface area contributed by atoms with Gasteiger partial charge in [0.1, 0.15) is 18.1 Å². The minimum Gasteiger partial charge on any atom is -0.497 e. The van der Waals surface area contributed by atoms with E-state index in [2.05, 4.69) is 17.9 Å². The number of rotatable bonds is 6. The van der Waals surface area contributed by atoms with E-state index >= 15 is 0 Å². The van der Waals surface area contributed by atoms with Crippen LogP contribution in [-0.2, 0) is 0 Å². The van der Waals surface area contributed by atoms with Gasteiger partial charge in [-0.15, -0.1) is 0 Å². The van der Waals surface area contributed by atoms with Crippen molar-refractivity contribution in [2.45, 2.75) is 6.92 Å². The molecule has 5 heteroatoms. The number of carbonyl (C=O) groups excluding carboxylic acids is 1. The summed E-state index contributed by atoms with van der Waals surface area (Å²) in [7, 11) is 1.61. The lowest BCUT2D eigenvalue weighted by atomic mass is 10.1. The quantitative estimate of drug-likeness (QED) is 0.800. The van der Waals surface area contributed by atoms with Crippen LogP contribution in [0.2, 0.25) is 0 Å². The molecule has 1 aliphatic rings. The van der Waals surface area contributed by atoms with Gasteiger partial charge in [-0.05, 0) is 42.8 Å². The lowest BCUT2D eigenvalue weighted by Gasteiger charge is -2.34. The van der Waals surface area contributed by atoms with Crippen molar-refractivity contribution < 1.29 is 14.3 Å². The molecule has 26 heavy (non-hydrogen) atoms. The monoisotopic (exact) mass is 354 g/mol. The Morgan fingerprint density at radius 1 is 1.00 bits per heavy atom. The second-order valence-corrected chi connectivity index (χ2v) is 6.53. The van der Waals surface area contributed by atoms with Crippen molar-refractivity contribution in [2.75, 3.05) is 46.4 Å². The average Bonchev–Trinajstić information content (AvgIpc) is 2.68. The first kappa shape index (κ1) is 18.3. The lowest BCUT2D eigenvalue weighted by Crippen LogP contribution is -2.49. The van der Waals surface area contributed by atoms with Crippen LogP contribution in [0.5, 0.6) is 11.5 Å². The summed E-state index contributed by atoms with van der Waals surface area (Å²) in [5.41, 5.74) is 1.88. The molecular formula is C21H26N2O3. The molecule has 0 bridgehead atoms. The summed E-state index contributed by atoms with van der Waals surface area (Å²) in [5.74, 6) is 1.69. The van der Waals surface area contributed by atoms with Gasteiger partial charge in [0.05, 0.1) is 7.11 Å². The summed E-state index contributed by atoms with van der Waals surface area (Å²) >= 11 is 0. The third kappa shape index (κ3) is 4.76. The Labute approximate surface area is 155 Å². The first-order valence-corrected chi connectivity index (χ1v) is 9.01. The molecule has 1 saturated heterocycles. The third-order valence-corrected chi connectivity index (χ3v) is 4.64. The Bertz CT molecular complexity index is 740. The maximum atomic E-state index is 12.6. The minimum atomic E-state index is 0.0690. The molecule has 138 valence electrons. The Balaban J connectivity index is 1.44. The van der Waals surface area contributed by atoms with E-state index in [1.807, 2.05) is 41.3 Å². The van der Waals surface area contributed by atoms with E-state index in [-0.39, 0.29) is 5.91 Å². The van der Waals surface area contributed by atoms with Crippen LogP contribution in [0.1, 0.15) is 15.9 Å². The van der Waals surface area contributed by atoms with E-state index in [9.17, 15) is 4.79 Å². The van der Waals surface area contributed by atoms with Gasteiger partial charge in [0.2, 0.25) is 0 Å². The van der Waals surface area contributed by atoms with Crippen molar-refractivity contribution in [3.05, 3.63) is 59.7 Å². The Kier molecular flexibility index (Phi) is 6.12. The number of benzene rings is 2. The van der Waals surface area contributed by atoms with Gasteiger partial charge in [0.25, 0.3) is 5.91 Å². The molecule has 0 aromatic heterocycles. The van der Waals surface area contributed by atoms with Crippen molar-refractivity contribution in [1.29, 1.82) is 0 Å². The van der Waals surface area contributed by atoms with E-state index in [1.165, 1.54) is 5.56 Å². The molecule has 5 nitrogen and oxygen atoms in total. The molecule has 2 aromatic rings. The van der Waals surface area contributed by atoms with Crippen LogP contribution in [0.3, 0.4) is 0 Å². The Morgan fingerprint density at radius 3 is 2.46 bits per heavy atom. The predicted molar refractivity (Wildman–Crippen MR) is 102 cm³/mol. The number of hydrogen-bond acceptors (Lipinski definition) is 4. The highest BCUT2D eigenvalue weighted by atomic mass is 16.5. The third-order valence-electron chi connectivity index (χ3n) is 4.64. The summed E-state index contributed by atoms with van der Waals surface area (Å²) in [6.07, 6.45) is 0. The maximum Gasteiger partial charge on any atom is 0.254 e. The van der Waals surface area contributed by atoms with Crippen LogP contribution in [0.15, 0.2) is 48.5 Å². The van der Waals surface area contributed by atoms with E-state index in [4.69, 9.17) is 9.47 Å². The standard InChI is InChI=1S/C21H26N2O3/c1-17-5-3-8-20(15-17)26-14-13-22-9-11-23(12-10-22)21(24)18-6-4-7-19(16-18)25-2/h3-8,15-16H,9-14H2,1-2H3. The van der Waals surface area contributed by atoms with Crippen molar-refractivity contribution >= 4 is 5.91 Å². The topological polar surface area (TPSA) is 42.0 Å². The fourth-order valence-electron chi connectivity index (χ4n) is 3.11. The maximum absolute atomic E-state index is 12.6. The first-order valence-electron chi connectivity index (χ1n) is 9.01. The van der Waals surface area contributed by atoms with Crippen molar-refractivity contribution in [3.8, 4) is 11.5 Å². The van der Waals surface area contributed by atoms with Gasteiger partial charge in [0, 0.05) is 38.3 Å². The number of nitrogens with zero attached hydrogens (tertiary/aromatic N) is 2. The Morgan fingerprint density at radius 2 is 1.73 bits per heavy atom. The molecule has 0 unspecified atom stereocenters. The van der Waals surface area contributed by atoms with Gasteiger partial charge in [-0.1, -0.05) is 18.2 Å². The van der Waals surface area contributed by atoms with Crippen molar-refractivity contribution in [1.82, 2.24) is 9.80 Å². The van der Waals surface area contributed by atoms with E-state index in [0.29, 0.717) is 17.9 Å². The molecule has 1 aliphatic heterocycles. The van der Waals surface area contributed by atoms with Crippen LogP contribution in [-0.4, -0.2) is 62.1 Å². The van der Waals surface area contributed by atoms with Crippen molar-refractivity contribution in [2.24, 2.45) is 0 Å². The zero-order valence-electron chi connectivity index (χ0n) is 15.5. The first-order chi connectivity index (χ1) is 12.7. The highest BCUT2D eigenvalue weighted by Gasteiger charge is 2.22. The molecule has 0 N–H and O–H groups in total. The van der Waals surface area contributed by atoms with Gasteiger partial charge in [-0.2, -0.15) is 0 Å². The highest BCUT2D eigenvalue weighted by Crippen LogP contribution is 2.16. The summed E-state index contributed by atoms with van der Waals surface area (Å²) < 4.78 is 11.0. The number of ether oxygens (including phenoxy) is 2. The molecule has 0 atom stereocenters. The van der Waals surface area contributed by atoms with Crippen LogP contribution in [0, 0.1) is 6.92 Å². The predicted octanol–water partition coefficient (Wildman–Crippen LogP) is 2.84. The average molecular weight is 354 g/mol. The van der Waals surface area contributed by atoms with Crippen LogP contribution >= 0.6 is 0 Å². The van der Waals surface area contributed by atoms with E-state index < -0.39 is 0 Å². The fraction of sp³-hybridized carbons (Fsp3) is 0.381. The molecule has 0 radical (unpaired) electrons. The number of aryl methyl sites for hydroxylation is 1. The lowest BCUT2D eigenvalue weighted by molar-refractivity contribution is 0.0620. The van der Waals surface area contributed by atoms with Gasteiger partial charge < -0.3 is 14.4 Å². The smallest absolute Gasteiger partial charge is 0.254 e. The van der Waals surface area contributed by atoms with Crippen LogP contribution < -0.4 is 9.47 Å². The SMILES string of the molecule is COc1cccc(C(=O)N2CCN(CCOc3cccc(C)c3)CC2)c1. The van der Waals surface area contributed by atoms with Crippen molar-refractivity contribution in [3.63, 3.8) is 0 Å². The summed E-state index contributed by atoms with van der Waals surface area (Å²) in [4.78, 5) is 16.9. The number of hydrogen-bond donors (Lipinski definition) is 0. The molecule has 0 saturated carbocycles. The number of piperazine rings is 1. The molecule has 0 aliphatic carbocycles. The Hall–Kier alpha value is -2.53. The summed E-state index contributed by atoms with van der Waals surface area (Å²) in [6, 6.07) is 15.4. The number of methoxy groups -OCH3 is 1. The molecule has 3 rings (SSSR count). The number of carbonyl (C=O) groups is 1. The largest absolute Gasteiger partial charge is 0.497 e. The van der Waals surface area contributed by atoms with Gasteiger partial charge in [-0.25, -0.2) is 0 Å². The zero-order valence-corrected chi connectivity index (χ0v) is 15.5. The fourth-order valence-corrected chi connectivity index (χ4v) is 3.11.